The third-order valence-corrected chi connectivity index (χ3v) is 4.76. The van der Waals surface area contributed by atoms with Crippen molar-refractivity contribution >= 4 is 17.5 Å². The van der Waals surface area contributed by atoms with Crippen molar-refractivity contribution in [2.75, 3.05) is 25.0 Å². The van der Waals surface area contributed by atoms with E-state index in [9.17, 15) is 9.59 Å². The first-order valence-corrected chi connectivity index (χ1v) is 8.31. The highest BCUT2D eigenvalue weighted by Crippen LogP contribution is 2.25. The van der Waals surface area contributed by atoms with E-state index in [1.165, 1.54) is 0 Å². The standard InChI is InChI=1S/C18H24N2O3/c1-12-5-3-6-13(2)17(12)19-18(22)14-9-16(21)20(10-14)11-15-7-4-8-23-15/h3,5-6,14-15H,4,7-11H2,1-2H3,(H,19,22). The maximum absolute atomic E-state index is 12.5. The number of amides is 2. The number of hydrogen-bond donors (Lipinski definition) is 1. The number of ether oxygens (including phenoxy) is 1. The molecule has 3 rings (SSSR count). The van der Waals surface area contributed by atoms with E-state index in [0.29, 0.717) is 19.5 Å². The van der Waals surface area contributed by atoms with Crippen LogP contribution in [0.3, 0.4) is 0 Å². The summed E-state index contributed by atoms with van der Waals surface area (Å²) in [6, 6.07) is 5.93. The molecule has 0 bridgehead atoms. The molecule has 2 aliphatic heterocycles. The summed E-state index contributed by atoms with van der Waals surface area (Å²) in [6.07, 6.45) is 2.50. The average molecular weight is 316 g/mol. The molecular formula is C18H24N2O3. The van der Waals surface area contributed by atoms with E-state index in [2.05, 4.69) is 5.32 Å². The molecule has 23 heavy (non-hydrogen) atoms. The molecule has 0 saturated carbocycles. The molecule has 1 N–H and O–H groups in total. The van der Waals surface area contributed by atoms with Crippen molar-refractivity contribution in [2.24, 2.45) is 5.92 Å². The molecule has 0 aromatic heterocycles. The van der Waals surface area contributed by atoms with Crippen molar-refractivity contribution in [3.05, 3.63) is 29.3 Å². The van der Waals surface area contributed by atoms with E-state index in [4.69, 9.17) is 4.74 Å². The van der Waals surface area contributed by atoms with Gasteiger partial charge in [-0.15, -0.1) is 0 Å². The smallest absolute Gasteiger partial charge is 0.229 e. The maximum atomic E-state index is 12.5. The van der Waals surface area contributed by atoms with Gasteiger partial charge in [-0.05, 0) is 37.8 Å². The Morgan fingerprint density at radius 3 is 2.74 bits per heavy atom. The quantitative estimate of drug-likeness (QED) is 0.927. The fourth-order valence-corrected chi connectivity index (χ4v) is 3.40. The predicted molar refractivity (Wildman–Crippen MR) is 88.2 cm³/mol. The van der Waals surface area contributed by atoms with Crippen molar-refractivity contribution in [1.29, 1.82) is 0 Å². The number of anilines is 1. The highest BCUT2D eigenvalue weighted by molar-refractivity contribution is 5.98. The van der Waals surface area contributed by atoms with Gasteiger partial charge in [-0.2, -0.15) is 0 Å². The van der Waals surface area contributed by atoms with Crippen LogP contribution < -0.4 is 5.32 Å². The van der Waals surface area contributed by atoms with Crippen LogP contribution in [0.5, 0.6) is 0 Å². The highest BCUT2D eigenvalue weighted by atomic mass is 16.5. The number of carbonyl (C=O) groups excluding carboxylic acids is 2. The second kappa shape index (κ2) is 6.71. The Hall–Kier alpha value is -1.88. The molecule has 1 aromatic carbocycles. The zero-order valence-corrected chi connectivity index (χ0v) is 13.8. The van der Waals surface area contributed by atoms with E-state index in [-0.39, 0.29) is 23.8 Å². The van der Waals surface area contributed by atoms with Crippen LogP contribution in [0.25, 0.3) is 0 Å². The van der Waals surface area contributed by atoms with Crippen LogP contribution in [0, 0.1) is 19.8 Å². The number of rotatable bonds is 4. The Labute approximate surface area is 137 Å². The van der Waals surface area contributed by atoms with Crippen LogP contribution in [0.2, 0.25) is 0 Å². The highest BCUT2D eigenvalue weighted by Gasteiger charge is 2.36. The molecule has 2 saturated heterocycles. The molecule has 2 amide bonds. The van der Waals surface area contributed by atoms with Crippen molar-refractivity contribution < 1.29 is 14.3 Å². The molecule has 1 aromatic rings. The first kappa shape index (κ1) is 16.0. The molecule has 5 nitrogen and oxygen atoms in total. The minimum absolute atomic E-state index is 0.0576. The summed E-state index contributed by atoms with van der Waals surface area (Å²) in [5.41, 5.74) is 2.94. The summed E-state index contributed by atoms with van der Waals surface area (Å²) in [6.45, 7) is 5.85. The van der Waals surface area contributed by atoms with Gasteiger partial charge in [0.25, 0.3) is 0 Å². The van der Waals surface area contributed by atoms with E-state index < -0.39 is 0 Å². The topological polar surface area (TPSA) is 58.6 Å². The van der Waals surface area contributed by atoms with Gasteiger partial charge in [-0.3, -0.25) is 9.59 Å². The number of carbonyl (C=O) groups is 2. The Balaban J connectivity index is 1.61. The average Bonchev–Trinajstić information content (AvgIpc) is 3.14. The molecule has 2 atom stereocenters. The Morgan fingerprint density at radius 2 is 2.09 bits per heavy atom. The van der Waals surface area contributed by atoms with Gasteiger partial charge in [0, 0.05) is 31.8 Å². The Bertz CT molecular complexity index is 588. The summed E-state index contributed by atoms with van der Waals surface area (Å²) in [5.74, 6) is -0.282. The number of para-hydroxylation sites is 1. The van der Waals surface area contributed by atoms with Crippen LogP contribution in [-0.4, -0.2) is 42.5 Å². The minimum Gasteiger partial charge on any atom is -0.376 e. The normalized spacial score (nSPS) is 24.3. The van der Waals surface area contributed by atoms with Crippen molar-refractivity contribution in [2.45, 2.75) is 39.2 Å². The molecule has 0 aliphatic carbocycles. The van der Waals surface area contributed by atoms with Gasteiger partial charge in [-0.1, -0.05) is 18.2 Å². The predicted octanol–water partition coefficient (Wildman–Crippen LogP) is 2.27. The van der Waals surface area contributed by atoms with Crippen molar-refractivity contribution in [3.63, 3.8) is 0 Å². The molecule has 2 unspecified atom stereocenters. The second-order valence-corrected chi connectivity index (χ2v) is 6.59. The van der Waals surface area contributed by atoms with E-state index in [1.807, 2.05) is 32.0 Å². The van der Waals surface area contributed by atoms with Crippen LogP contribution >= 0.6 is 0 Å². The molecule has 124 valence electrons. The van der Waals surface area contributed by atoms with Crippen LogP contribution in [0.1, 0.15) is 30.4 Å². The van der Waals surface area contributed by atoms with E-state index in [1.54, 1.807) is 4.90 Å². The number of nitrogens with one attached hydrogen (secondary N) is 1. The van der Waals surface area contributed by atoms with Crippen LogP contribution in [-0.2, 0) is 14.3 Å². The third kappa shape index (κ3) is 3.55. The molecular weight excluding hydrogens is 292 g/mol. The second-order valence-electron chi connectivity index (χ2n) is 6.59. The fourth-order valence-electron chi connectivity index (χ4n) is 3.40. The fraction of sp³-hybridized carbons (Fsp3) is 0.556. The molecule has 0 radical (unpaired) electrons. The van der Waals surface area contributed by atoms with Crippen molar-refractivity contribution in [3.8, 4) is 0 Å². The summed E-state index contributed by atoms with van der Waals surface area (Å²) >= 11 is 0. The van der Waals surface area contributed by atoms with Gasteiger partial charge < -0.3 is 15.0 Å². The van der Waals surface area contributed by atoms with E-state index in [0.717, 1.165) is 36.3 Å². The lowest BCUT2D eigenvalue weighted by atomic mass is 10.1. The van der Waals surface area contributed by atoms with Crippen LogP contribution in [0.15, 0.2) is 18.2 Å². The van der Waals surface area contributed by atoms with Crippen molar-refractivity contribution in [1.82, 2.24) is 4.90 Å². The van der Waals surface area contributed by atoms with Gasteiger partial charge in [0.2, 0.25) is 11.8 Å². The SMILES string of the molecule is Cc1cccc(C)c1NC(=O)C1CC(=O)N(CC2CCCO2)C1. The summed E-state index contributed by atoms with van der Waals surface area (Å²) in [5, 5.41) is 3.01. The van der Waals surface area contributed by atoms with Gasteiger partial charge in [0.1, 0.15) is 0 Å². The van der Waals surface area contributed by atoms with E-state index >= 15 is 0 Å². The molecule has 5 heteroatoms. The van der Waals surface area contributed by atoms with Gasteiger partial charge in [-0.25, -0.2) is 0 Å². The molecule has 2 heterocycles. The summed E-state index contributed by atoms with van der Waals surface area (Å²) in [7, 11) is 0. The zero-order valence-electron chi connectivity index (χ0n) is 13.8. The number of hydrogen-bond acceptors (Lipinski definition) is 3. The Morgan fingerprint density at radius 1 is 1.35 bits per heavy atom. The molecule has 2 aliphatic rings. The summed E-state index contributed by atoms with van der Waals surface area (Å²) < 4.78 is 5.59. The first-order valence-electron chi connectivity index (χ1n) is 8.31. The molecule has 2 fully saturated rings. The number of aryl methyl sites for hydroxylation is 2. The summed E-state index contributed by atoms with van der Waals surface area (Å²) in [4.78, 5) is 26.5. The first-order chi connectivity index (χ1) is 11.0. The zero-order chi connectivity index (χ0) is 16.4. The lowest BCUT2D eigenvalue weighted by Gasteiger charge is -2.20. The third-order valence-electron chi connectivity index (χ3n) is 4.76. The minimum atomic E-state index is -0.275. The lowest BCUT2D eigenvalue weighted by Crippen LogP contribution is -2.34. The monoisotopic (exact) mass is 316 g/mol. The van der Waals surface area contributed by atoms with Gasteiger partial charge in [0.15, 0.2) is 0 Å². The van der Waals surface area contributed by atoms with Gasteiger partial charge in [0.05, 0.1) is 12.0 Å². The Kier molecular flexibility index (Phi) is 4.66. The number of likely N-dealkylation sites (tertiary alicyclic amines) is 1. The van der Waals surface area contributed by atoms with Crippen LogP contribution in [0.4, 0.5) is 5.69 Å². The maximum Gasteiger partial charge on any atom is 0.229 e. The number of benzene rings is 1. The largest absolute Gasteiger partial charge is 0.376 e. The molecule has 0 spiro atoms. The van der Waals surface area contributed by atoms with Gasteiger partial charge >= 0.3 is 0 Å². The number of nitrogens with zero attached hydrogens (tertiary/aromatic N) is 1. The lowest BCUT2D eigenvalue weighted by molar-refractivity contribution is -0.129.